The van der Waals surface area contributed by atoms with Gasteiger partial charge in [0.1, 0.15) is 6.67 Å². The lowest BCUT2D eigenvalue weighted by molar-refractivity contribution is 0.485. The Morgan fingerprint density at radius 2 is 1.60 bits per heavy atom. The van der Waals surface area contributed by atoms with Crippen molar-refractivity contribution in [1.29, 1.82) is 0 Å². The van der Waals surface area contributed by atoms with E-state index in [0.717, 1.165) is 0 Å². The van der Waals surface area contributed by atoms with E-state index in [4.69, 9.17) is 23.2 Å². The number of alkyl halides is 1. The molecule has 0 aliphatic rings. The van der Waals surface area contributed by atoms with Gasteiger partial charge in [-0.2, -0.15) is 0 Å². The van der Waals surface area contributed by atoms with Crippen LogP contribution in [0.15, 0.2) is 18.2 Å². The van der Waals surface area contributed by atoms with Crippen LogP contribution in [-0.4, -0.2) is 0 Å². The minimum Gasteiger partial charge on any atom is -0.246 e. The predicted octanol–water partition coefficient (Wildman–Crippen LogP) is 3.46. The highest BCUT2D eigenvalue weighted by Gasteiger charge is 1.95. The van der Waals surface area contributed by atoms with E-state index >= 15 is 0 Å². The van der Waals surface area contributed by atoms with E-state index in [1.54, 1.807) is 18.2 Å². The molecule has 0 N–H and O–H groups in total. The first-order valence-electron chi connectivity index (χ1n) is 2.73. The molecular formula is C7H5Cl2F. The van der Waals surface area contributed by atoms with E-state index in [1.807, 2.05) is 0 Å². The molecule has 0 radical (unpaired) electrons. The maximum Gasteiger partial charge on any atom is 0.115 e. The van der Waals surface area contributed by atoms with Gasteiger partial charge >= 0.3 is 0 Å². The molecule has 0 amide bonds. The second-order valence-corrected chi connectivity index (χ2v) is 2.78. The zero-order valence-electron chi connectivity index (χ0n) is 5.07. The molecule has 0 saturated heterocycles. The van der Waals surface area contributed by atoms with E-state index in [9.17, 15) is 4.39 Å². The van der Waals surface area contributed by atoms with Crippen LogP contribution in [0, 0.1) is 0 Å². The van der Waals surface area contributed by atoms with Crippen LogP contribution in [0.5, 0.6) is 0 Å². The van der Waals surface area contributed by atoms with Gasteiger partial charge in [-0.1, -0.05) is 23.2 Å². The van der Waals surface area contributed by atoms with Crippen molar-refractivity contribution in [2.24, 2.45) is 0 Å². The van der Waals surface area contributed by atoms with Crippen molar-refractivity contribution in [2.45, 2.75) is 6.67 Å². The molecule has 1 aromatic rings. The van der Waals surface area contributed by atoms with Gasteiger partial charge in [0.2, 0.25) is 0 Å². The first kappa shape index (κ1) is 7.83. The number of benzene rings is 1. The molecule has 1 aromatic carbocycles. The lowest BCUT2D eigenvalue weighted by atomic mass is 10.2. The summed E-state index contributed by atoms with van der Waals surface area (Å²) >= 11 is 11.2. The first-order chi connectivity index (χ1) is 4.72. The van der Waals surface area contributed by atoms with Crippen LogP contribution in [0.1, 0.15) is 5.56 Å². The van der Waals surface area contributed by atoms with Crippen LogP contribution in [-0.2, 0) is 6.67 Å². The summed E-state index contributed by atoms with van der Waals surface area (Å²) < 4.78 is 12.0. The summed E-state index contributed by atoms with van der Waals surface area (Å²) in [5.74, 6) is 0. The van der Waals surface area contributed by atoms with Crippen molar-refractivity contribution in [3.8, 4) is 0 Å². The molecule has 0 aliphatic carbocycles. The van der Waals surface area contributed by atoms with Gasteiger partial charge in [-0.25, -0.2) is 4.39 Å². The topological polar surface area (TPSA) is 0 Å². The smallest absolute Gasteiger partial charge is 0.115 e. The third kappa shape index (κ3) is 1.86. The zero-order chi connectivity index (χ0) is 7.56. The van der Waals surface area contributed by atoms with E-state index in [0.29, 0.717) is 15.6 Å². The summed E-state index contributed by atoms with van der Waals surface area (Å²) in [6.45, 7) is -0.527. The average Bonchev–Trinajstić information content (AvgIpc) is 1.85. The molecule has 0 aromatic heterocycles. The molecule has 0 spiro atoms. The SMILES string of the molecule is FCc1cc(Cl)cc(Cl)c1. The molecule has 0 saturated carbocycles. The average molecular weight is 179 g/mol. The fourth-order valence-corrected chi connectivity index (χ4v) is 1.26. The molecule has 0 nitrogen and oxygen atoms in total. The quantitative estimate of drug-likeness (QED) is 0.619. The van der Waals surface area contributed by atoms with Crippen LogP contribution >= 0.6 is 23.2 Å². The first-order valence-corrected chi connectivity index (χ1v) is 3.49. The number of hydrogen-bond acceptors (Lipinski definition) is 0. The second kappa shape index (κ2) is 3.22. The molecule has 10 heavy (non-hydrogen) atoms. The molecular weight excluding hydrogens is 174 g/mol. The van der Waals surface area contributed by atoms with E-state index < -0.39 is 6.67 Å². The van der Waals surface area contributed by atoms with Crippen molar-refractivity contribution >= 4 is 23.2 Å². The Morgan fingerprint density at radius 3 is 2.00 bits per heavy atom. The van der Waals surface area contributed by atoms with Gasteiger partial charge in [-0.15, -0.1) is 0 Å². The number of hydrogen-bond donors (Lipinski definition) is 0. The maximum absolute atomic E-state index is 12.0. The van der Waals surface area contributed by atoms with Gasteiger partial charge in [0, 0.05) is 10.0 Å². The Morgan fingerprint density at radius 1 is 1.10 bits per heavy atom. The van der Waals surface area contributed by atoms with Gasteiger partial charge in [0.15, 0.2) is 0 Å². The fraction of sp³-hybridized carbons (Fsp3) is 0.143. The van der Waals surface area contributed by atoms with Gasteiger partial charge in [-0.3, -0.25) is 0 Å². The van der Waals surface area contributed by atoms with Crippen molar-refractivity contribution in [2.75, 3.05) is 0 Å². The Bertz CT molecular complexity index is 215. The lowest BCUT2D eigenvalue weighted by Crippen LogP contribution is -1.77. The van der Waals surface area contributed by atoms with E-state index in [1.165, 1.54) is 0 Å². The highest BCUT2D eigenvalue weighted by molar-refractivity contribution is 6.34. The van der Waals surface area contributed by atoms with Gasteiger partial charge in [0.25, 0.3) is 0 Å². The van der Waals surface area contributed by atoms with Crippen molar-refractivity contribution in [3.63, 3.8) is 0 Å². The molecule has 3 heteroatoms. The zero-order valence-corrected chi connectivity index (χ0v) is 6.58. The third-order valence-corrected chi connectivity index (χ3v) is 1.51. The van der Waals surface area contributed by atoms with Crippen LogP contribution in [0.2, 0.25) is 10.0 Å². The minimum absolute atomic E-state index is 0.472. The monoisotopic (exact) mass is 178 g/mol. The van der Waals surface area contributed by atoms with Gasteiger partial charge < -0.3 is 0 Å². The highest BCUT2D eigenvalue weighted by Crippen LogP contribution is 2.19. The molecule has 0 bridgehead atoms. The third-order valence-electron chi connectivity index (χ3n) is 1.08. The Labute approximate surface area is 68.6 Å². The summed E-state index contributed by atoms with van der Waals surface area (Å²) in [6.07, 6.45) is 0. The summed E-state index contributed by atoms with van der Waals surface area (Å²) in [5, 5.41) is 0.945. The lowest BCUT2D eigenvalue weighted by Gasteiger charge is -1.95. The highest BCUT2D eigenvalue weighted by atomic mass is 35.5. The van der Waals surface area contributed by atoms with Crippen LogP contribution in [0.25, 0.3) is 0 Å². The predicted molar refractivity (Wildman–Crippen MR) is 41.3 cm³/mol. The largest absolute Gasteiger partial charge is 0.246 e. The minimum atomic E-state index is -0.527. The standard InChI is InChI=1S/C7H5Cl2F/c8-6-1-5(4-10)2-7(9)3-6/h1-3H,4H2. The fourth-order valence-electron chi connectivity index (χ4n) is 0.688. The van der Waals surface area contributed by atoms with Gasteiger partial charge in [0.05, 0.1) is 0 Å². The second-order valence-electron chi connectivity index (χ2n) is 1.91. The van der Waals surface area contributed by atoms with Crippen LogP contribution in [0.4, 0.5) is 4.39 Å². The molecule has 1 rings (SSSR count). The molecule has 0 fully saturated rings. The maximum atomic E-state index is 12.0. The molecule has 54 valence electrons. The van der Waals surface area contributed by atoms with E-state index in [-0.39, 0.29) is 0 Å². The van der Waals surface area contributed by atoms with Crippen LogP contribution < -0.4 is 0 Å². The summed E-state index contributed by atoms with van der Waals surface area (Å²) in [7, 11) is 0. The van der Waals surface area contributed by atoms with Crippen molar-refractivity contribution in [1.82, 2.24) is 0 Å². The van der Waals surface area contributed by atoms with Gasteiger partial charge in [-0.05, 0) is 23.8 Å². The number of halogens is 3. The normalized spacial score (nSPS) is 9.90. The summed E-state index contributed by atoms with van der Waals surface area (Å²) in [6, 6.07) is 4.67. The molecule has 0 unspecified atom stereocenters. The Hall–Kier alpha value is -0.270. The molecule has 0 aliphatic heterocycles. The van der Waals surface area contributed by atoms with E-state index in [2.05, 4.69) is 0 Å². The van der Waals surface area contributed by atoms with Crippen LogP contribution in [0.3, 0.4) is 0 Å². The van der Waals surface area contributed by atoms with Crippen molar-refractivity contribution < 1.29 is 4.39 Å². The Balaban J connectivity index is 3.06. The Kier molecular flexibility index (Phi) is 2.52. The summed E-state index contributed by atoms with van der Waals surface area (Å²) in [5.41, 5.74) is 0.512. The summed E-state index contributed by atoms with van der Waals surface area (Å²) in [4.78, 5) is 0. The molecule has 0 atom stereocenters. The van der Waals surface area contributed by atoms with Crippen molar-refractivity contribution in [3.05, 3.63) is 33.8 Å². The number of rotatable bonds is 1. The molecule has 0 heterocycles.